The molecule has 0 aliphatic heterocycles. The van der Waals surface area contributed by atoms with E-state index in [1.807, 2.05) is 90.3 Å². The molecule has 5 aromatic rings. The Kier molecular flexibility index (Phi) is 5.62. The van der Waals surface area contributed by atoms with Crippen molar-refractivity contribution < 1.29 is 0 Å². The van der Waals surface area contributed by atoms with Crippen LogP contribution in [0.1, 0.15) is 0 Å². The first-order valence-corrected chi connectivity index (χ1v) is 11.5. The second-order valence-corrected chi connectivity index (χ2v) is 8.66. The summed E-state index contributed by atoms with van der Waals surface area (Å²) in [6.07, 6.45) is 0. The predicted molar refractivity (Wildman–Crippen MR) is 131 cm³/mol. The van der Waals surface area contributed by atoms with E-state index in [1.54, 1.807) is 0 Å². The van der Waals surface area contributed by atoms with Crippen LogP contribution in [0.3, 0.4) is 0 Å². The van der Waals surface area contributed by atoms with Crippen LogP contribution in [0, 0.1) is 0 Å². The third-order valence-corrected chi connectivity index (χ3v) is 6.07. The highest BCUT2D eigenvalue weighted by atomic mass is 79.9. The minimum atomic E-state index is -0.309. The molecule has 32 heavy (non-hydrogen) atoms. The lowest BCUT2D eigenvalue weighted by Crippen LogP contribution is -2.13. The van der Waals surface area contributed by atoms with Gasteiger partial charge in [-0.05, 0) is 18.2 Å². The Hall–Kier alpha value is -3.62. The number of nitrogens with zero attached hydrogens (tertiary/aromatic N) is 4. The van der Waals surface area contributed by atoms with Gasteiger partial charge in [0.25, 0.3) is 0 Å². The van der Waals surface area contributed by atoms with Gasteiger partial charge in [0.2, 0.25) is 5.13 Å². The zero-order valence-corrected chi connectivity index (χ0v) is 19.0. The van der Waals surface area contributed by atoms with Gasteiger partial charge in [0.15, 0.2) is 5.69 Å². The monoisotopic (exact) mass is 501 g/mol. The summed E-state index contributed by atoms with van der Waals surface area (Å²) in [7, 11) is 0. The van der Waals surface area contributed by atoms with Crippen LogP contribution in [0.15, 0.2) is 110 Å². The average molecular weight is 502 g/mol. The average Bonchev–Trinajstić information content (AvgIpc) is 3.44. The minimum absolute atomic E-state index is 0.229. The van der Waals surface area contributed by atoms with E-state index in [4.69, 9.17) is 0 Å². The summed E-state index contributed by atoms with van der Waals surface area (Å²) in [6, 6.07) is 26.9. The van der Waals surface area contributed by atoms with Crippen molar-refractivity contribution in [1.82, 2.24) is 14.8 Å². The molecule has 0 radical (unpaired) electrons. The lowest BCUT2D eigenvalue weighted by Gasteiger charge is -1.99. The first-order valence-electron chi connectivity index (χ1n) is 9.78. The Morgan fingerprint density at radius 2 is 1.59 bits per heavy atom. The second-order valence-electron chi connectivity index (χ2n) is 6.90. The number of aromatic nitrogens is 3. The molecule has 0 aliphatic carbocycles. The van der Waals surface area contributed by atoms with Crippen LogP contribution in [0.4, 0.5) is 11.4 Å². The number of hydrogen-bond donors (Lipinski definition) is 1. The standard InChI is InChI=1S/C24H16BrN5OS/c25-18-12-7-13-19(14-18)27-28-22-21(17-10-5-2-6-11-17)29-30(23(22)31)24-26-20(15-32-24)16-8-3-1-4-9-16/h1-15,29H. The molecule has 0 saturated heterocycles. The van der Waals surface area contributed by atoms with Gasteiger partial charge in [-0.25, -0.2) is 4.98 Å². The van der Waals surface area contributed by atoms with Crippen molar-refractivity contribution in [2.24, 2.45) is 10.2 Å². The van der Waals surface area contributed by atoms with Crippen molar-refractivity contribution in [3.63, 3.8) is 0 Å². The number of H-pyrrole nitrogens is 1. The number of hydrogen-bond acceptors (Lipinski definition) is 5. The number of azo groups is 1. The molecule has 5 rings (SSSR count). The molecule has 0 aliphatic rings. The van der Waals surface area contributed by atoms with Crippen molar-refractivity contribution in [3.05, 3.63) is 105 Å². The number of benzene rings is 3. The Morgan fingerprint density at radius 1 is 0.875 bits per heavy atom. The highest BCUT2D eigenvalue weighted by Crippen LogP contribution is 2.30. The van der Waals surface area contributed by atoms with Crippen molar-refractivity contribution in [2.45, 2.75) is 0 Å². The Bertz CT molecular complexity index is 1450. The third kappa shape index (κ3) is 4.10. The molecular formula is C24H16BrN5OS. The van der Waals surface area contributed by atoms with E-state index in [2.05, 4.69) is 36.2 Å². The molecule has 8 heteroatoms. The molecule has 0 fully saturated rings. The molecule has 2 heterocycles. The van der Waals surface area contributed by atoms with Crippen LogP contribution in [0.5, 0.6) is 0 Å². The molecule has 1 N–H and O–H groups in total. The van der Waals surface area contributed by atoms with Gasteiger partial charge < -0.3 is 0 Å². The number of aromatic amines is 1. The summed E-state index contributed by atoms with van der Waals surface area (Å²) in [5.41, 5.74) is 3.80. The third-order valence-electron chi connectivity index (χ3n) is 4.76. The molecule has 3 aromatic carbocycles. The fraction of sp³-hybridized carbons (Fsp3) is 0. The number of halogens is 1. The first-order chi connectivity index (χ1) is 15.7. The van der Waals surface area contributed by atoms with E-state index < -0.39 is 0 Å². The topological polar surface area (TPSA) is 75.4 Å². The number of nitrogens with one attached hydrogen (secondary N) is 1. The predicted octanol–water partition coefficient (Wildman–Crippen LogP) is 7.13. The summed E-state index contributed by atoms with van der Waals surface area (Å²) in [5, 5.41) is 14.3. The van der Waals surface area contributed by atoms with Gasteiger partial charge >= 0.3 is 5.56 Å². The molecule has 0 bridgehead atoms. The minimum Gasteiger partial charge on any atom is -0.286 e. The maximum Gasteiger partial charge on any atom is 0.301 e. The molecule has 0 saturated carbocycles. The van der Waals surface area contributed by atoms with Crippen molar-refractivity contribution in [3.8, 4) is 27.6 Å². The van der Waals surface area contributed by atoms with Gasteiger partial charge in [0, 0.05) is 21.0 Å². The summed E-state index contributed by atoms with van der Waals surface area (Å²) in [5.74, 6) is 0. The molecular weight excluding hydrogens is 486 g/mol. The SMILES string of the molecule is O=c1c(N=Nc2cccc(Br)c2)c(-c2ccccc2)[nH]n1-c1nc(-c2ccccc2)cs1. The summed E-state index contributed by atoms with van der Waals surface area (Å²) in [6.45, 7) is 0. The van der Waals surface area contributed by atoms with Gasteiger partial charge in [0.1, 0.15) is 0 Å². The van der Waals surface area contributed by atoms with Crippen molar-refractivity contribution in [2.75, 3.05) is 0 Å². The van der Waals surface area contributed by atoms with Crippen LogP contribution < -0.4 is 5.56 Å². The van der Waals surface area contributed by atoms with Crippen LogP contribution in [-0.2, 0) is 0 Å². The fourth-order valence-corrected chi connectivity index (χ4v) is 4.39. The normalized spacial score (nSPS) is 11.3. The smallest absolute Gasteiger partial charge is 0.286 e. The Balaban J connectivity index is 1.61. The quantitative estimate of drug-likeness (QED) is 0.260. The maximum atomic E-state index is 13.3. The molecule has 0 atom stereocenters. The number of thiazole rings is 1. The van der Waals surface area contributed by atoms with E-state index in [0.717, 1.165) is 21.3 Å². The van der Waals surface area contributed by atoms with Gasteiger partial charge in [-0.3, -0.25) is 9.89 Å². The van der Waals surface area contributed by atoms with Crippen LogP contribution in [0.2, 0.25) is 0 Å². The van der Waals surface area contributed by atoms with Gasteiger partial charge in [-0.15, -0.1) is 16.5 Å². The van der Waals surface area contributed by atoms with Crippen molar-refractivity contribution in [1.29, 1.82) is 0 Å². The summed E-state index contributed by atoms with van der Waals surface area (Å²) >= 11 is 4.82. The highest BCUT2D eigenvalue weighted by Gasteiger charge is 2.19. The van der Waals surface area contributed by atoms with E-state index >= 15 is 0 Å². The van der Waals surface area contributed by atoms with Gasteiger partial charge in [-0.1, -0.05) is 82.7 Å². The van der Waals surface area contributed by atoms with Crippen molar-refractivity contribution >= 4 is 38.6 Å². The molecule has 0 amide bonds. The second kappa shape index (κ2) is 8.86. The maximum absolute atomic E-state index is 13.3. The van der Waals surface area contributed by atoms with E-state index in [9.17, 15) is 4.79 Å². The Labute approximate surface area is 196 Å². The highest BCUT2D eigenvalue weighted by molar-refractivity contribution is 9.10. The van der Waals surface area contributed by atoms with Crippen LogP contribution in [0.25, 0.3) is 27.6 Å². The van der Waals surface area contributed by atoms with Crippen LogP contribution >= 0.6 is 27.3 Å². The van der Waals surface area contributed by atoms with E-state index in [-0.39, 0.29) is 11.2 Å². The molecule has 156 valence electrons. The van der Waals surface area contributed by atoms with E-state index in [1.165, 1.54) is 16.0 Å². The fourth-order valence-electron chi connectivity index (χ4n) is 3.22. The van der Waals surface area contributed by atoms with Crippen LogP contribution in [-0.4, -0.2) is 14.8 Å². The number of rotatable bonds is 5. The molecule has 0 spiro atoms. The van der Waals surface area contributed by atoms with Gasteiger partial charge in [0.05, 0.1) is 17.1 Å². The van der Waals surface area contributed by atoms with E-state index in [0.29, 0.717) is 16.5 Å². The van der Waals surface area contributed by atoms with Gasteiger partial charge in [-0.2, -0.15) is 9.80 Å². The Morgan fingerprint density at radius 3 is 2.31 bits per heavy atom. The summed E-state index contributed by atoms with van der Waals surface area (Å²) < 4.78 is 2.31. The molecule has 0 unspecified atom stereocenters. The lowest BCUT2D eigenvalue weighted by molar-refractivity contribution is 0.843. The molecule has 6 nitrogen and oxygen atoms in total. The molecule has 2 aromatic heterocycles. The lowest BCUT2D eigenvalue weighted by atomic mass is 10.1. The first kappa shape index (κ1) is 20.3. The largest absolute Gasteiger partial charge is 0.301 e. The zero-order valence-electron chi connectivity index (χ0n) is 16.6. The summed E-state index contributed by atoms with van der Waals surface area (Å²) in [4.78, 5) is 18.0. The zero-order chi connectivity index (χ0) is 21.9.